The topological polar surface area (TPSA) is 26.3 Å². The van der Waals surface area contributed by atoms with Crippen molar-refractivity contribution in [2.75, 3.05) is 17.3 Å². The molecule has 2 nitrogen and oxygen atoms in total. The molecular weight excluding hydrogens is 408 g/mol. The summed E-state index contributed by atoms with van der Waals surface area (Å²) < 4.78 is 5.28. The van der Waals surface area contributed by atoms with E-state index in [0.29, 0.717) is 13.0 Å². The lowest BCUT2D eigenvalue weighted by Crippen LogP contribution is -2.05. The molecule has 0 bridgehead atoms. The third kappa shape index (κ3) is 18.5. The minimum atomic E-state index is -0.00206. The fourth-order valence-electron chi connectivity index (χ4n) is 2.41. The van der Waals surface area contributed by atoms with E-state index in [1.165, 1.54) is 64.2 Å². The quantitative estimate of drug-likeness (QED) is 0.141. The van der Waals surface area contributed by atoms with E-state index in [0.717, 1.165) is 29.9 Å². The Hall–Kier alpha value is 0.430. The van der Waals surface area contributed by atoms with Crippen molar-refractivity contribution in [3.8, 4) is 0 Å². The molecular formula is C18H34Br2O2. The van der Waals surface area contributed by atoms with E-state index in [1.807, 2.05) is 0 Å². The number of ether oxygens (including phenoxy) is 1. The van der Waals surface area contributed by atoms with Crippen LogP contribution >= 0.6 is 31.9 Å². The smallest absolute Gasteiger partial charge is 0.305 e. The highest BCUT2D eigenvalue weighted by Crippen LogP contribution is 2.10. The monoisotopic (exact) mass is 440 g/mol. The first-order valence-electron chi connectivity index (χ1n) is 9.08. The zero-order chi connectivity index (χ0) is 16.3. The maximum absolute atomic E-state index is 11.6. The number of hydrogen-bond donors (Lipinski definition) is 0. The van der Waals surface area contributed by atoms with Crippen LogP contribution in [-0.2, 0) is 9.53 Å². The Morgan fingerprint density at radius 1 is 0.591 bits per heavy atom. The van der Waals surface area contributed by atoms with Crippen LogP contribution in [0.4, 0.5) is 0 Å². The first-order chi connectivity index (χ1) is 10.8. The maximum atomic E-state index is 11.6. The van der Waals surface area contributed by atoms with Crippen LogP contribution in [-0.4, -0.2) is 23.2 Å². The number of carbonyl (C=O) groups is 1. The van der Waals surface area contributed by atoms with Gasteiger partial charge in [0, 0.05) is 17.1 Å². The van der Waals surface area contributed by atoms with Gasteiger partial charge in [-0.15, -0.1) is 0 Å². The van der Waals surface area contributed by atoms with Gasteiger partial charge in [-0.1, -0.05) is 89.6 Å². The fraction of sp³-hybridized carbons (Fsp3) is 0.944. The Morgan fingerprint density at radius 3 is 1.50 bits per heavy atom. The Balaban J connectivity index is 3.13. The van der Waals surface area contributed by atoms with Gasteiger partial charge in [0.15, 0.2) is 0 Å². The molecule has 0 atom stereocenters. The van der Waals surface area contributed by atoms with Crippen LogP contribution in [0.25, 0.3) is 0 Å². The van der Waals surface area contributed by atoms with E-state index in [2.05, 4.69) is 31.9 Å². The maximum Gasteiger partial charge on any atom is 0.305 e. The van der Waals surface area contributed by atoms with E-state index < -0.39 is 0 Å². The zero-order valence-corrected chi connectivity index (χ0v) is 17.3. The average Bonchev–Trinajstić information content (AvgIpc) is 2.52. The number of esters is 1. The lowest BCUT2D eigenvalue weighted by Gasteiger charge is -2.05. The molecule has 22 heavy (non-hydrogen) atoms. The highest BCUT2D eigenvalue weighted by Gasteiger charge is 2.02. The summed E-state index contributed by atoms with van der Waals surface area (Å²) in [5.41, 5.74) is 0. The molecule has 132 valence electrons. The van der Waals surface area contributed by atoms with Gasteiger partial charge in [-0.2, -0.15) is 0 Å². The van der Waals surface area contributed by atoms with E-state index in [9.17, 15) is 4.79 Å². The standard InChI is InChI=1S/C18H34Br2O2/c19-15-11-7-3-1-5-9-13-17-22-18(21)14-10-6-2-4-8-12-16-20/h1-17H2. The molecule has 0 saturated heterocycles. The van der Waals surface area contributed by atoms with Crippen molar-refractivity contribution in [1.82, 2.24) is 0 Å². The minimum Gasteiger partial charge on any atom is -0.466 e. The van der Waals surface area contributed by atoms with Gasteiger partial charge in [-0.25, -0.2) is 0 Å². The third-order valence-corrected chi connectivity index (χ3v) is 4.93. The molecule has 0 N–H and O–H groups in total. The second kappa shape index (κ2) is 19.5. The van der Waals surface area contributed by atoms with Gasteiger partial charge in [0.05, 0.1) is 6.61 Å². The van der Waals surface area contributed by atoms with Crippen molar-refractivity contribution < 1.29 is 9.53 Å². The lowest BCUT2D eigenvalue weighted by molar-refractivity contribution is -0.143. The number of unbranched alkanes of at least 4 members (excludes halogenated alkanes) is 11. The summed E-state index contributed by atoms with van der Waals surface area (Å²) in [6.45, 7) is 0.617. The van der Waals surface area contributed by atoms with Crippen LogP contribution in [0.1, 0.15) is 89.9 Å². The fourth-order valence-corrected chi connectivity index (χ4v) is 3.20. The third-order valence-electron chi connectivity index (χ3n) is 3.81. The molecule has 0 aromatic heterocycles. The van der Waals surface area contributed by atoms with Crippen molar-refractivity contribution in [3.63, 3.8) is 0 Å². The SMILES string of the molecule is O=C(CCCCCCCCBr)OCCCCCCCCCBr. The average molecular weight is 442 g/mol. The lowest BCUT2D eigenvalue weighted by atomic mass is 10.1. The van der Waals surface area contributed by atoms with Crippen molar-refractivity contribution in [2.45, 2.75) is 89.9 Å². The number of hydrogen-bond acceptors (Lipinski definition) is 2. The van der Waals surface area contributed by atoms with Crippen molar-refractivity contribution in [2.24, 2.45) is 0 Å². The van der Waals surface area contributed by atoms with Gasteiger partial charge in [0.2, 0.25) is 0 Å². The van der Waals surface area contributed by atoms with Gasteiger partial charge in [0.1, 0.15) is 0 Å². The molecule has 0 amide bonds. The molecule has 0 aliphatic rings. The van der Waals surface area contributed by atoms with E-state index >= 15 is 0 Å². The zero-order valence-electron chi connectivity index (χ0n) is 14.1. The van der Waals surface area contributed by atoms with Crippen molar-refractivity contribution >= 4 is 37.8 Å². The number of carbonyl (C=O) groups excluding carboxylic acids is 1. The normalized spacial score (nSPS) is 10.8. The van der Waals surface area contributed by atoms with Gasteiger partial charge >= 0.3 is 5.97 Å². The van der Waals surface area contributed by atoms with Crippen molar-refractivity contribution in [1.29, 1.82) is 0 Å². The van der Waals surface area contributed by atoms with Crippen LogP contribution in [0.15, 0.2) is 0 Å². The van der Waals surface area contributed by atoms with E-state index in [4.69, 9.17) is 4.74 Å². The number of rotatable bonds is 17. The molecule has 0 aliphatic heterocycles. The summed E-state index contributed by atoms with van der Waals surface area (Å²) in [4.78, 5) is 11.6. The van der Waals surface area contributed by atoms with Gasteiger partial charge < -0.3 is 4.74 Å². The summed E-state index contributed by atoms with van der Waals surface area (Å²) in [5, 5.41) is 2.23. The minimum absolute atomic E-state index is 0.00206. The summed E-state index contributed by atoms with van der Waals surface area (Å²) in [6.07, 6.45) is 16.6. The second-order valence-electron chi connectivity index (χ2n) is 5.94. The Bertz CT molecular complexity index is 235. The molecule has 0 rings (SSSR count). The molecule has 0 radical (unpaired) electrons. The summed E-state index contributed by atoms with van der Waals surface area (Å²) in [6, 6.07) is 0. The first kappa shape index (κ1) is 22.4. The first-order valence-corrected chi connectivity index (χ1v) is 11.3. The van der Waals surface area contributed by atoms with Gasteiger partial charge in [-0.05, 0) is 25.7 Å². The molecule has 0 saturated carbocycles. The van der Waals surface area contributed by atoms with Crippen LogP contribution in [0.3, 0.4) is 0 Å². The molecule has 4 heteroatoms. The highest BCUT2D eigenvalue weighted by molar-refractivity contribution is 9.09. The van der Waals surface area contributed by atoms with Crippen LogP contribution in [0, 0.1) is 0 Å². The molecule has 0 spiro atoms. The summed E-state index contributed by atoms with van der Waals surface area (Å²) in [5.74, 6) is -0.00206. The molecule has 0 aromatic carbocycles. The molecule has 0 heterocycles. The van der Waals surface area contributed by atoms with Crippen LogP contribution in [0.5, 0.6) is 0 Å². The van der Waals surface area contributed by atoms with E-state index in [-0.39, 0.29) is 5.97 Å². The molecule has 0 fully saturated rings. The van der Waals surface area contributed by atoms with Gasteiger partial charge in [0.25, 0.3) is 0 Å². The largest absolute Gasteiger partial charge is 0.466 e. The van der Waals surface area contributed by atoms with Gasteiger partial charge in [-0.3, -0.25) is 4.79 Å². The second-order valence-corrected chi connectivity index (χ2v) is 7.53. The molecule has 0 aromatic rings. The predicted molar refractivity (Wildman–Crippen MR) is 103 cm³/mol. The Labute approximate surface area is 154 Å². The molecule has 0 unspecified atom stereocenters. The summed E-state index contributed by atoms with van der Waals surface area (Å²) >= 11 is 6.89. The Kier molecular flexibility index (Phi) is 19.9. The number of alkyl halides is 2. The van der Waals surface area contributed by atoms with E-state index in [1.54, 1.807) is 0 Å². The highest BCUT2D eigenvalue weighted by atomic mass is 79.9. The Morgan fingerprint density at radius 2 is 1.00 bits per heavy atom. The number of halogens is 2. The van der Waals surface area contributed by atoms with Crippen LogP contribution < -0.4 is 0 Å². The predicted octanol–water partition coefficient (Wildman–Crippen LogP) is 6.78. The summed E-state index contributed by atoms with van der Waals surface area (Å²) in [7, 11) is 0. The van der Waals surface area contributed by atoms with Crippen LogP contribution in [0.2, 0.25) is 0 Å². The van der Waals surface area contributed by atoms with Crippen molar-refractivity contribution in [3.05, 3.63) is 0 Å². The molecule has 0 aliphatic carbocycles.